The monoisotopic (exact) mass is 771 g/mol. The zero-order valence-electron chi connectivity index (χ0n) is 36.3. The molecule has 2 fully saturated rings. The number of aryl methyl sites for hydroxylation is 4. The van der Waals surface area contributed by atoms with Crippen molar-refractivity contribution in [1.82, 2.24) is 0 Å². The maximum Gasteiger partial charge on any atom is 0.133 e. The zero-order chi connectivity index (χ0) is 40.2. The summed E-state index contributed by atoms with van der Waals surface area (Å²) in [6, 6.07) is 25.1. The first-order valence-corrected chi connectivity index (χ1v) is 23.0. The summed E-state index contributed by atoms with van der Waals surface area (Å²) in [4.78, 5) is 0. The molecule has 4 aromatic carbocycles. The van der Waals surface area contributed by atoms with E-state index < -0.39 is 0 Å². The molecule has 0 radical (unpaired) electrons. The third-order valence-electron chi connectivity index (χ3n) is 13.9. The van der Waals surface area contributed by atoms with Gasteiger partial charge in [0.1, 0.15) is 23.0 Å². The summed E-state index contributed by atoms with van der Waals surface area (Å²) in [5.74, 6) is 6.18. The van der Waals surface area contributed by atoms with Crippen LogP contribution in [0.4, 0.5) is 11.4 Å². The first kappa shape index (κ1) is 42.7. The molecule has 0 spiro atoms. The SMILES string of the molecule is CCCCCCCCCCCCC[C@H]1CC[C@H](C2CCC(c3cc(C)c(Oc4ccc(N)cc4)c(C)c3)(c3cc(C)c(Oc4ccc(N)cc4)c(C)c3)CC2)CC1. The van der Waals surface area contributed by atoms with Crippen LogP contribution < -0.4 is 20.9 Å². The highest BCUT2D eigenvalue weighted by atomic mass is 16.5. The summed E-state index contributed by atoms with van der Waals surface area (Å²) >= 11 is 0. The van der Waals surface area contributed by atoms with Gasteiger partial charge in [0.25, 0.3) is 0 Å². The van der Waals surface area contributed by atoms with Crippen LogP contribution in [0.25, 0.3) is 0 Å². The average Bonchev–Trinajstić information content (AvgIpc) is 3.21. The molecule has 4 nitrogen and oxygen atoms in total. The van der Waals surface area contributed by atoms with Crippen LogP contribution in [-0.2, 0) is 5.41 Å². The second kappa shape index (κ2) is 20.7. The molecule has 308 valence electrons. The van der Waals surface area contributed by atoms with Gasteiger partial charge in [-0.15, -0.1) is 0 Å². The first-order chi connectivity index (χ1) is 27.6. The molecule has 0 unspecified atom stereocenters. The van der Waals surface area contributed by atoms with E-state index in [1.807, 2.05) is 48.5 Å². The van der Waals surface area contributed by atoms with Crippen molar-refractivity contribution in [2.75, 3.05) is 11.5 Å². The van der Waals surface area contributed by atoms with Crippen molar-refractivity contribution in [3.05, 3.63) is 106 Å². The molecule has 4 heteroatoms. The molecule has 6 rings (SSSR count). The Bertz CT molecular complexity index is 1680. The van der Waals surface area contributed by atoms with Gasteiger partial charge in [0.05, 0.1) is 0 Å². The molecular formula is C53H74N2O2. The lowest BCUT2D eigenvalue weighted by molar-refractivity contribution is 0.140. The minimum atomic E-state index is -0.0623. The van der Waals surface area contributed by atoms with Crippen LogP contribution in [0.3, 0.4) is 0 Å². The molecule has 57 heavy (non-hydrogen) atoms. The Kier molecular flexibility index (Phi) is 15.5. The molecular weight excluding hydrogens is 697 g/mol. The second-order valence-electron chi connectivity index (χ2n) is 18.2. The molecule has 0 saturated heterocycles. The van der Waals surface area contributed by atoms with Gasteiger partial charge >= 0.3 is 0 Å². The van der Waals surface area contributed by atoms with Crippen molar-refractivity contribution in [2.24, 2.45) is 17.8 Å². The number of nitrogens with two attached hydrogens (primary N) is 2. The maximum absolute atomic E-state index is 6.48. The summed E-state index contributed by atoms with van der Waals surface area (Å²) in [6.07, 6.45) is 28.0. The number of unbranched alkanes of at least 4 members (excludes halogenated alkanes) is 10. The predicted octanol–water partition coefficient (Wildman–Crippen LogP) is 15.7. The average molecular weight is 771 g/mol. The molecule has 0 heterocycles. The number of anilines is 2. The van der Waals surface area contributed by atoms with Gasteiger partial charge in [0.15, 0.2) is 0 Å². The summed E-state index contributed by atoms with van der Waals surface area (Å²) in [5, 5.41) is 0. The van der Waals surface area contributed by atoms with E-state index in [4.69, 9.17) is 20.9 Å². The molecule has 0 bridgehead atoms. The Balaban J connectivity index is 1.11. The highest BCUT2D eigenvalue weighted by Gasteiger charge is 2.42. The topological polar surface area (TPSA) is 70.5 Å². The van der Waals surface area contributed by atoms with Gasteiger partial charge in [-0.25, -0.2) is 0 Å². The lowest BCUT2D eigenvalue weighted by Gasteiger charge is -2.45. The minimum absolute atomic E-state index is 0.0623. The Labute approximate surface area is 346 Å². The smallest absolute Gasteiger partial charge is 0.133 e. The van der Waals surface area contributed by atoms with Gasteiger partial charge in [-0.3, -0.25) is 0 Å². The molecule has 2 aliphatic carbocycles. The predicted molar refractivity (Wildman–Crippen MR) is 243 cm³/mol. The van der Waals surface area contributed by atoms with E-state index in [0.717, 1.165) is 52.1 Å². The van der Waals surface area contributed by atoms with E-state index in [1.165, 1.54) is 162 Å². The number of rotatable bonds is 19. The Hall–Kier alpha value is -3.92. The van der Waals surface area contributed by atoms with Crippen LogP contribution in [0.5, 0.6) is 23.0 Å². The van der Waals surface area contributed by atoms with Crippen LogP contribution >= 0.6 is 0 Å². The van der Waals surface area contributed by atoms with E-state index in [1.54, 1.807) is 0 Å². The second-order valence-corrected chi connectivity index (χ2v) is 18.2. The molecule has 0 amide bonds. The number of benzene rings is 4. The zero-order valence-corrected chi connectivity index (χ0v) is 36.3. The number of ether oxygens (including phenoxy) is 2. The van der Waals surface area contributed by atoms with Gasteiger partial charge in [-0.05, 0) is 166 Å². The van der Waals surface area contributed by atoms with E-state index in [0.29, 0.717) is 0 Å². The quantitative estimate of drug-likeness (QED) is 0.0736. The number of hydrogen-bond acceptors (Lipinski definition) is 4. The van der Waals surface area contributed by atoms with Crippen LogP contribution in [0.15, 0.2) is 72.8 Å². The fourth-order valence-electron chi connectivity index (χ4n) is 10.5. The van der Waals surface area contributed by atoms with Crippen molar-refractivity contribution in [3.63, 3.8) is 0 Å². The summed E-state index contributed by atoms with van der Waals surface area (Å²) < 4.78 is 13.0. The van der Waals surface area contributed by atoms with Gasteiger partial charge < -0.3 is 20.9 Å². The molecule has 4 aromatic rings. The number of nitrogen functional groups attached to an aromatic ring is 2. The van der Waals surface area contributed by atoms with Crippen molar-refractivity contribution >= 4 is 11.4 Å². The van der Waals surface area contributed by atoms with Gasteiger partial charge in [-0.2, -0.15) is 0 Å². The van der Waals surface area contributed by atoms with Crippen molar-refractivity contribution in [3.8, 4) is 23.0 Å². The van der Waals surface area contributed by atoms with Crippen LogP contribution in [0, 0.1) is 45.4 Å². The van der Waals surface area contributed by atoms with Crippen LogP contribution in [-0.4, -0.2) is 0 Å². The van der Waals surface area contributed by atoms with Gasteiger partial charge in [-0.1, -0.05) is 121 Å². The third-order valence-corrected chi connectivity index (χ3v) is 13.9. The van der Waals surface area contributed by atoms with E-state index in [-0.39, 0.29) is 5.41 Å². The number of hydrogen-bond donors (Lipinski definition) is 2. The summed E-state index contributed by atoms with van der Waals surface area (Å²) in [6.45, 7) is 11.1. The summed E-state index contributed by atoms with van der Waals surface area (Å²) in [7, 11) is 0. The van der Waals surface area contributed by atoms with Crippen LogP contribution in [0.1, 0.15) is 169 Å². The van der Waals surface area contributed by atoms with Crippen LogP contribution in [0.2, 0.25) is 0 Å². The largest absolute Gasteiger partial charge is 0.457 e. The first-order valence-electron chi connectivity index (χ1n) is 23.0. The van der Waals surface area contributed by atoms with Crippen molar-refractivity contribution in [1.29, 1.82) is 0 Å². The lowest BCUT2D eigenvalue weighted by Crippen LogP contribution is -2.36. The molecule has 0 aromatic heterocycles. The Morgan fingerprint density at radius 2 is 0.860 bits per heavy atom. The molecule has 0 atom stereocenters. The standard InChI is InChI=1S/C53H74N2O2/c1-6-7-8-9-10-11-12-13-14-15-16-17-42-18-20-43(21-19-42)44-30-32-53(33-31-44,45-34-38(2)51(39(3)35-45)56-49-26-22-47(54)23-27-49)46-36-40(4)52(41(5)37-46)57-50-28-24-48(55)25-29-50/h22-29,34-37,42-44H,6-21,30-33,54-55H2,1-5H3/t42-,43-. The van der Waals surface area contributed by atoms with Crippen molar-refractivity contribution < 1.29 is 9.47 Å². The Morgan fingerprint density at radius 1 is 0.491 bits per heavy atom. The van der Waals surface area contributed by atoms with E-state index >= 15 is 0 Å². The Morgan fingerprint density at radius 3 is 1.26 bits per heavy atom. The highest BCUT2D eigenvalue weighted by Crippen LogP contribution is 2.52. The fourth-order valence-corrected chi connectivity index (χ4v) is 10.5. The van der Waals surface area contributed by atoms with E-state index in [2.05, 4.69) is 58.9 Å². The normalized spacial score (nSPS) is 18.4. The van der Waals surface area contributed by atoms with E-state index in [9.17, 15) is 0 Å². The summed E-state index contributed by atoms with van der Waals surface area (Å²) in [5.41, 5.74) is 20.9. The third kappa shape index (κ3) is 11.4. The molecule has 0 aliphatic heterocycles. The van der Waals surface area contributed by atoms with Gasteiger partial charge in [0, 0.05) is 16.8 Å². The molecule has 4 N–H and O–H groups in total. The minimum Gasteiger partial charge on any atom is -0.457 e. The van der Waals surface area contributed by atoms with Crippen molar-refractivity contribution in [2.45, 2.75) is 168 Å². The maximum atomic E-state index is 6.48. The van der Waals surface area contributed by atoms with Gasteiger partial charge in [0.2, 0.25) is 0 Å². The lowest BCUT2D eigenvalue weighted by atomic mass is 9.59. The highest BCUT2D eigenvalue weighted by molar-refractivity contribution is 5.55. The molecule has 2 aliphatic rings. The fraction of sp³-hybridized carbons (Fsp3) is 0.547. The molecule has 2 saturated carbocycles.